The highest BCUT2D eigenvalue weighted by Gasteiger charge is 2.05. The van der Waals surface area contributed by atoms with Crippen molar-refractivity contribution in [2.75, 3.05) is 45.9 Å². The van der Waals surface area contributed by atoms with Crippen LogP contribution in [0.25, 0.3) is 10.8 Å². The maximum Gasteiger partial charge on any atom is 0.134 e. The third-order valence-electron chi connectivity index (χ3n) is 2.96. The van der Waals surface area contributed by atoms with E-state index in [4.69, 9.17) is 14.2 Å². The lowest BCUT2D eigenvalue weighted by Gasteiger charge is -2.11. The van der Waals surface area contributed by atoms with Crippen LogP contribution < -0.4 is 10.1 Å². The average molecular weight is 276 g/mol. The number of nitrogens with one attached hydrogen (secondary N) is 1. The summed E-state index contributed by atoms with van der Waals surface area (Å²) in [5.41, 5.74) is 0. The minimum Gasteiger partial charge on any atom is -0.496 e. The van der Waals surface area contributed by atoms with E-state index < -0.39 is 0 Å². The molecule has 0 radical (unpaired) electrons. The van der Waals surface area contributed by atoms with E-state index in [0.29, 0.717) is 26.4 Å². The number of benzene rings is 1. The Bertz CT molecular complexity index is 546. The Labute approximate surface area is 118 Å². The van der Waals surface area contributed by atoms with E-state index in [1.165, 1.54) is 0 Å². The highest BCUT2D eigenvalue weighted by atomic mass is 16.5. The molecule has 0 aliphatic heterocycles. The summed E-state index contributed by atoms with van der Waals surface area (Å²) >= 11 is 0. The molecule has 0 saturated carbocycles. The first-order valence-corrected chi connectivity index (χ1v) is 6.59. The molecule has 0 aliphatic carbocycles. The summed E-state index contributed by atoms with van der Waals surface area (Å²) in [7, 11) is 3.33. The van der Waals surface area contributed by atoms with Crippen LogP contribution in [0.1, 0.15) is 0 Å². The second kappa shape index (κ2) is 7.67. The molecule has 0 saturated heterocycles. The molecule has 1 heterocycles. The Balaban J connectivity index is 2.00. The molecule has 5 nitrogen and oxygen atoms in total. The zero-order chi connectivity index (χ0) is 14.2. The van der Waals surface area contributed by atoms with Crippen LogP contribution in [-0.2, 0) is 9.47 Å². The molecule has 1 aromatic carbocycles. The Hall–Kier alpha value is -1.85. The molecule has 5 heteroatoms. The lowest BCUT2D eigenvalue weighted by atomic mass is 10.1. The Morgan fingerprint density at radius 1 is 1.05 bits per heavy atom. The van der Waals surface area contributed by atoms with Gasteiger partial charge in [-0.1, -0.05) is 12.1 Å². The van der Waals surface area contributed by atoms with Crippen molar-refractivity contribution in [2.45, 2.75) is 0 Å². The van der Waals surface area contributed by atoms with Gasteiger partial charge in [-0.05, 0) is 12.1 Å². The Morgan fingerprint density at radius 3 is 2.75 bits per heavy atom. The predicted molar refractivity (Wildman–Crippen MR) is 79.5 cm³/mol. The lowest BCUT2D eigenvalue weighted by molar-refractivity contribution is 0.0759. The van der Waals surface area contributed by atoms with Gasteiger partial charge in [0, 0.05) is 30.6 Å². The summed E-state index contributed by atoms with van der Waals surface area (Å²) < 4.78 is 15.7. The van der Waals surface area contributed by atoms with Gasteiger partial charge in [-0.15, -0.1) is 0 Å². The lowest BCUT2D eigenvalue weighted by Crippen LogP contribution is -2.12. The Kier molecular flexibility index (Phi) is 5.58. The number of hydrogen-bond acceptors (Lipinski definition) is 5. The van der Waals surface area contributed by atoms with E-state index in [1.807, 2.05) is 24.3 Å². The van der Waals surface area contributed by atoms with Crippen molar-refractivity contribution in [3.05, 3.63) is 30.5 Å². The molecule has 0 atom stereocenters. The second-order valence-electron chi connectivity index (χ2n) is 4.25. The number of anilines is 1. The molecule has 0 fully saturated rings. The molecule has 0 aliphatic rings. The number of aromatic nitrogens is 1. The minimum atomic E-state index is 0.606. The van der Waals surface area contributed by atoms with Gasteiger partial charge in [0.1, 0.15) is 11.6 Å². The monoisotopic (exact) mass is 276 g/mol. The standard InChI is InChI=1S/C15H20N2O3/c1-18-10-11-20-9-8-17-15-13-4-3-5-14(19-2)12(13)6-7-16-15/h3-7H,8-11H2,1-2H3,(H,16,17). The Morgan fingerprint density at radius 2 is 1.95 bits per heavy atom. The summed E-state index contributed by atoms with van der Waals surface area (Å²) in [5.74, 6) is 1.70. The average Bonchev–Trinajstić information content (AvgIpc) is 2.50. The molecular weight excluding hydrogens is 256 g/mol. The van der Waals surface area contributed by atoms with Crippen molar-refractivity contribution >= 4 is 16.6 Å². The molecule has 2 rings (SSSR count). The minimum absolute atomic E-state index is 0.606. The van der Waals surface area contributed by atoms with Gasteiger partial charge in [0.05, 0.1) is 26.9 Å². The van der Waals surface area contributed by atoms with Crippen molar-refractivity contribution in [2.24, 2.45) is 0 Å². The number of nitrogens with zero attached hydrogens (tertiary/aromatic N) is 1. The van der Waals surface area contributed by atoms with Crippen LogP contribution in [0.3, 0.4) is 0 Å². The molecule has 0 unspecified atom stereocenters. The van der Waals surface area contributed by atoms with Crippen LogP contribution >= 0.6 is 0 Å². The number of hydrogen-bond donors (Lipinski definition) is 1. The summed E-state index contributed by atoms with van der Waals surface area (Å²) in [6, 6.07) is 7.89. The number of fused-ring (bicyclic) bond motifs is 1. The van der Waals surface area contributed by atoms with Crippen LogP contribution in [0.15, 0.2) is 30.5 Å². The van der Waals surface area contributed by atoms with Crippen LogP contribution in [0, 0.1) is 0 Å². The molecule has 20 heavy (non-hydrogen) atoms. The first-order chi connectivity index (χ1) is 9.86. The summed E-state index contributed by atoms with van der Waals surface area (Å²) in [6.45, 7) is 2.54. The molecular formula is C15H20N2O3. The van der Waals surface area contributed by atoms with Crippen LogP contribution in [0.4, 0.5) is 5.82 Å². The van der Waals surface area contributed by atoms with Gasteiger partial charge in [-0.2, -0.15) is 0 Å². The van der Waals surface area contributed by atoms with E-state index in [1.54, 1.807) is 20.4 Å². The van der Waals surface area contributed by atoms with Gasteiger partial charge in [0.2, 0.25) is 0 Å². The number of rotatable bonds is 8. The van der Waals surface area contributed by atoms with E-state index in [-0.39, 0.29) is 0 Å². The van der Waals surface area contributed by atoms with Gasteiger partial charge in [-0.25, -0.2) is 4.98 Å². The maximum atomic E-state index is 5.41. The zero-order valence-electron chi connectivity index (χ0n) is 11.9. The third kappa shape index (κ3) is 3.59. The zero-order valence-corrected chi connectivity index (χ0v) is 11.9. The fourth-order valence-corrected chi connectivity index (χ4v) is 1.98. The van der Waals surface area contributed by atoms with Gasteiger partial charge >= 0.3 is 0 Å². The van der Waals surface area contributed by atoms with E-state index in [2.05, 4.69) is 10.3 Å². The van der Waals surface area contributed by atoms with E-state index in [0.717, 1.165) is 22.3 Å². The molecule has 0 spiro atoms. The van der Waals surface area contributed by atoms with Crippen LogP contribution in [0.2, 0.25) is 0 Å². The largest absolute Gasteiger partial charge is 0.496 e. The number of ether oxygens (including phenoxy) is 3. The molecule has 0 amide bonds. The van der Waals surface area contributed by atoms with Gasteiger partial charge in [0.25, 0.3) is 0 Å². The topological polar surface area (TPSA) is 52.6 Å². The van der Waals surface area contributed by atoms with E-state index >= 15 is 0 Å². The van der Waals surface area contributed by atoms with Crippen molar-refractivity contribution in [1.82, 2.24) is 4.98 Å². The first-order valence-electron chi connectivity index (χ1n) is 6.59. The maximum absolute atomic E-state index is 5.41. The quantitative estimate of drug-likeness (QED) is 0.750. The number of methoxy groups -OCH3 is 2. The molecule has 0 bridgehead atoms. The van der Waals surface area contributed by atoms with Crippen LogP contribution in [0.5, 0.6) is 5.75 Å². The molecule has 1 N–H and O–H groups in total. The molecule has 1 aromatic heterocycles. The van der Waals surface area contributed by atoms with Gasteiger partial charge in [-0.3, -0.25) is 0 Å². The SMILES string of the molecule is COCCOCCNc1nccc2c(OC)cccc12. The fraction of sp³-hybridized carbons (Fsp3) is 0.400. The summed E-state index contributed by atoms with van der Waals surface area (Å²) in [6.07, 6.45) is 1.78. The van der Waals surface area contributed by atoms with Gasteiger partial charge < -0.3 is 19.5 Å². The number of pyridine rings is 1. The van der Waals surface area contributed by atoms with Crippen molar-refractivity contribution < 1.29 is 14.2 Å². The summed E-state index contributed by atoms with van der Waals surface area (Å²) in [4.78, 5) is 4.37. The van der Waals surface area contributed by atoms with Crippen molar-refractivity contribution in [3.63, 3.8) is 0 Å². The van der Waals surface area contributed by atoms with E-state index in [9.17, 15) is 0 Å². The van der Waals surface area contributed by atoms with Crippen molar-refractivity contribution in [1.29, 1.82) is 0 Å². The smallest absolute Gasteiger partial charge is 0.134 e. The normalized spacial score (nSPS) is 10.7. The first kappa shape index (κ1) is 14.6. The summed E-state index contributed by atoms with van der Waals surface area (Å²) in [5, 5.41) is 5.38. The fourth-order valence-electron chi connectivity index (χ4n) is 1.98. The third-order valence-corrected chi connectivity index (χ3v) is 2.96. The van der Waals surface area contributed by atoms with Gasteiger partial charge in [0.15, 0.2) is 0 Å². The van der Waals surface area contributed by atoms with Crippen molar-refractivity contribution in [3.8, 4) is 5.75 Å². The predicted octanol–water partition coefficient (Wildman–Crippen LogP) is 2.32. The molecule has 2 aromatic rings. The highest BCUT2D eigenvalue weighted by molar-refractivity contribution is 5.95. The molecule has 108 valence electrons. The van der Waals surface area contributed by atoms with Crippen LogP contribution in [-0.4, -0.2) is 45.6 Å². The highest BCUT2D eigenvalue weighted by Crippen LogP contribution is 2.28. The second-order valence-corrected chi connectivity index (χ2v) is 4.25.